The number of hydrogen-bond donors (Lipinski definition) is 1. The minimum atomic E-state index is -0.682. The second-order valence-electron chi connectivity index (χ2n) is 9.89. The third-order valence-electron chi connectivity index (χ3n) is 7.00. The van der Waals surface area contributed by atoms with Crippen molar-refractivity contribution < 1.29 is 14.0 Å². The van der Waals surface area contributed by atoms with Crippen molar-refractivity contribution in [3.63, 3.8) is 0 Å². The first-order valence-corrected chi connectivity index (χ1v) is 15.6. The molecule has 8 heteroatoms. The fourth-order valence-electron chi connectivity index (χ4n) is 4.92. The van der Waals surface area contributed by atoms with Gasteiger partial charge in [0, 0.05) is 39.8 Å². The van der Waals surface area contributed by atoms with E-state index in [2.05, 4.69) is 21.2 Å². The number of halogens is 3. The van der Waals surface area contributed by atoms with E-state index in [9.17, 15) is 14.0 Å². The first-order valence-electron chi connectivity index (χ1n) is 13.3. The number of carbonyl (C=O) groups excluding carboxylic acids is 2. The average molecular weight is 632 g/mol. The van der Waals surface area contributed by atoms with Gasteiger partial charge in [-0.05, 0) is 48.2 Å². The van der Waals surface area contributed by atoms with E-state index in [1.165, 1.54) is 24.2 Å². The number of carbonyl (C=O) groups is 2. The van der Waals surface area contributed by atoms with E-state index < -0.39 is 6.04 Å². The van der Waals surface area contributed by atoms with Crippen LogP contribution in [0, 0.1) is 5.82 Å². The summed E-state index contributed by atoms with van der Waals surface area (Å²) in [6.07, 6.45) is 5.72. The number of nitrogens with zero attached hydrogens (tertiary/aromatic N) is 1. The number of nitrogens with one attached hydrogen (secondary N) is 1. The van der Waals surface area contributed by atoms with Gasteiger partial charge < -0.3 is 10.2 Å². The minimum Gasteiger partial charge on any atom is -0.352 e. The monoisotopic (exact) mass is 630 g/mol. The summed E-state index contributed by atoms with van der Waals surface area (Å²) in [6.45, 7) is 0.287. The van der Waals surface area contributed by atoms with Crippen molar-refractivity contribution in [2.75, 3.05) is 5.75 Å². The lowest BCUT2D eigenvalue weighted by Crippen LogP contribution is -2.53. The van der Waals surface area contributed by atoms with Crippen LogP contribution in [0.5, 0.6) is 0 Å². The molecule has 3 aromatic carbocycles. The van der Waals surface area contributed by atoms with E-state index in [4.69, 9.17) is 11.6 Å². The van der Waals surface area contributed by atoms with E-state index >= 15 is 0 Å². The van der Waals surface area contributed by atoms with E-state index in [0.717, 1.165) is 41.3 Å². The fraction of sp³-hybridized carbons (Fsp3) is 0.355. The second kappa shape index (κ2) is 14.9. The van der Waals surface area contributed by atoms with Crippen LogP contribution in [0.15, 0.2) is 77.3 Å². The Hall–Kier alpha value is -2.35. The first-order chi connectivity index (χ1) is 18.9. The zero-order chi connectivity index (χ0) is 27.6. The SMILES string of the molecule is O=C(NC1CCCCC1)C(Cc1ccccc1)N(Cc1cccc(Br)c1)C(=O)CSCc1c(F)cccc1Cl. The van der Waals surface area contributed by atoms with Gasteiger partial charge in [0.15, 0.2) is 0 Å². The van der Waals surface area contributed by atoms with Crippen molar-refractivity contribution in [2.24, 2.45) is 0 Å². The average Bonchev–Trinajstić information content (AvgIpc) is 2.93. The van der Waals surface area contributed by atoms with Crippen LogP contribution < -0.4 is 5.32 Å². The highest BCUT2D eigenvalue weighted by Gasteiger charge is 2.32. The standard InChI is InChI=1S/C31H33BrClFN2O2S/c32-24-12-7-11-23(17-24)19-36(30(37)21-39-20-26-27(33)15-8-16-28(26)34)29(18-22-9-3-1-4-10-22)31(38)35-25-13-5-2-6-14-25/h1,3-4,7-12,15-17,25,29H,2,5-6,13-14,18-21H2,(H,35,38). The van der Waals surface area contributed by atoms with E-state index in [1.807, 2.05) is 54.6 Å². The smallest absolute Gasteiger partial charge is 0.243 e. The minimum absolute atomic E-state index is 0.0979. The molecule has 39 heavy (non-hydrogen) atoms. The predicted octanol–water partition coefficient (Wildman–Crippen LogP) is 7.56. The molecule has 0 aliphatic heterocycles. The third kappa shape index (κ3) is 8.82. The molecule has 206 valence electrons. The van der Waals surface area contributed by atoms with Crippen molar-refractivity contribution in [1.29, 1.82) is 0 Å². The van der Waals surface area contributed by atoms with Crippen molar-refractivity contribution in [2.45, 2.75) is 62.9 Å². The highest BCUT2D eigenvalue weighted by molar-refractivity contribution is 9.10. The zero-order valence-corrected chi connectivity index (χ0v) is 24.9. The summed E-state index contributed by atoms with van der Waals surface area (Å²) < 4.78 is 15.2. The van der Waals surface area contributed by atoms with Gasteiger partial charge in [0.2, 0.25) is 11.8 Å². The summed E-state index contributed by atoms with van der Waals surface area (Å²) in [7, 11) is 0. The summed E-state index contributed by atoms with van der Waals surface area (Å²) in [5, 5.41) is 3.60. The molecule has 2 amide bonds. The summed E-state index contributed by atoms with van der Waals surface area (Å²) in [4.78, 5) is 29.3. The molecule has 0 aromatic heterocycles. The van der Waals surface area contributed by atoms with E-state index in [-0.39, 0.29) is 41.7 Å². The van der Waals surface area contributed by atoms with Crippen molar-refractivity contribution >= 4 is 51.1 Å². The molecular weight excluding hydrogens is 599 g/mol. The third-order valence-corrected chi connectivity index (χ3v) is 8.79. The summed E-state index contributed by atoms with van der Waals surface area (Å²) in [6, 6.07) is 21.6. The number of amides is 2. The molecule has 0 saturated heterocycles. The molecule has 1 unspecified atom stereocenters. The van der Waals surface area contributed by atoms with Gasteiger partial charge >= 0.3 is 0 Å². The largest absolute Gasteiger partial charge is 0.352 e. The van der Waals surface area contributed by atoms with E-state index in [0.29, 0.717) is 17.0 Å². The fourth-order valence-corrected chi connectivity index (χ4v) is 6.62. The van der Waals surface area contributed by atoms with Gasteiger partial charge in [-0.15, -0.1) is 11.8 Å². The van der Waals surface area contributed by atoms with Crippen LogP contribution in [0.4, 0.5) is 4.39 Å². The second-order valence-corrected chi connectivity index (χ2v) is 12.2. The Kier molecular flexibility index (Phi) is 11.3. The Labute approximate surface area is 247 Å². The number of rotatable bonds is 11. The number of hydrogen-bond acceptors (Lipinski definition) is 3. The van der Waals surface area contributed by atoms with Gasteiger partial charge in [-0.1, -0.05) is 95.3 Å². The quantitative estimate of drug-likeness (QED) is 0.238. The maximum atomic E-state index is 14.3. The topological polar surface area (TPSA) is 49.4 Å². The number of thioether (sulfide) groups is 1. The van der Waals surface area contributed by atoms with Crippen LogP contribution >= 0.6 is 39.3 Å². The molecule has 0 bridgehead atoms. The number of benzene rings is 3. The lowest BCUT2D eigenvalue weighted by atomic mass is 9.94. The van der Waals surface area contributed by atoms with Crippen LogP contribution in [0.1, 0.15) is 48.8 Å². The van der Waals surface area contributed by atoms with Gasteiger partial charge in [0.05, 0.1) is 5.75 Å². The van der Waals surface area contributed by atoms with Gasteiger partial charge in [-0.3, -0.25) is 9.59 Å². The molecule has 0 spiro atoms. The summed E-state index contributed by atoms with van der Waals surface area (Å²) >= 11 is 11.0. The molecule has 1 aliphatic rings. The van der Waals surface area contributed by atoms with Crippen LogP contribution in [0.3, 0.4) is 0 Å². The Bertz CT molecular complexity index is 1240. The summed E-state index contributed by atoms with van der Waals surface area (Å²) in [5.41, 5.74) is 2.29. The highest BCUT2D eigenvalue weighted by atomic mass is 79.9. The molecule has 1 aliphatic carbocycles. The lowest BCUT2D eigenvalue weighted by Gasteiger charge is -2.33. The Balaban J connectivity index is 1.58. The normalized spacial score (nSPS) is 14.5. The van der Waals surface area contributed by atoms with E-state index in [1.54, 1.807) is 17.0 Å². The molecule has 4 nitrogen and oxygen atoms in total. The van der Waals surface area contributed by atoms with Gasteiger partial charge in [-0.2, -0.15) is 0 Å². The Morgan fingerprint density at radius 1 is 1.00 bits per heavy atom. The van der Waals surface area contributed by atoms with Crippen LogP contribution in [-0.4, -0.2) is 34.6 Å². The first kappa shape index (κ1) is 29.6. The van der Waals surface area contributed by atoms with Gasteiger partial charge in [0.25, 0.3) is 0 Å². The Morgan fingerprint density at radius 2 is 1.72 bits per heavy atom. The van der Waals surface area contributed by atoms with Crippen molar-refractivity contribution in [1.82, 2.24) is 10.2 Å². The van der Waals surface area contributed by atoms with Crippen molar-refractivity contribution in [3.05, 3.63) is 105 Å². The Morgan fingerprint density at radius 3 is 2.44 bits per heavy atom. The summed E-state index contributed by atoms with van der Waals surface area (Å²) in [5.74, 6) is -0.328. The molecule has 4 rings (SSSR count). The predicted molar refractivity (Wildman–Crippen MR) is 161 cm³/mol. The molecule has 1 atom stereocenters. The van der Waals surface area contributed by atoms with Crippen LogP contribution in [0.2, 0.25) is 5.02 Å². The van der Waals surface area contributed by atoms with Crippen molar-refractivity contribution in [3.8, 4) is 0 Å². The maximum Gasteiger partial charge on any atom is 0.243 e. The lowest BCUT2D eigenvalue weighted by molar-refractivity contribution is -0.139. The zero-order valence-electron chi connectivity index (χ0n) is 21.8. The maximum absolute atomic E-state index is 14.3. The van der Waals surface area contributed by atoms with Crippen LogP contribution in [-0.2, 0) is 28.3 Å². The molecule has 0 heterocycles. The molecule has 1 fully saturated rings. The molecular formula is C31H33BrClFN2O2S. The van der Waals surface area contributed by atoms with Gasteiger partial charge in [0.1, 0.15) is 11.9 Å². The van der Waals surface area contributed by atoms with Gasteiger partial charge in [-0.25, -0.2) is 4.39 Å². The highest BCUT2D eigenvalue weighted by Crippen LogP contribution is 2.25. The molecule has 0 radical (unpaired) electrons. The van der Waals surface area contributed by atoms with Crippen LogP contribution in [0.25, 0.3) is 0 Å². The molecule has 1 saturated carbocycles. The molecule has 3 aromatic rings. The molecule has 1 N–H and O–H groups in total.